The number of benzene rings is 1. The van der Waals surface area contributed by atoms with Gasteiger partial charge in [-0.2, -0.15) is 0 Å². The summed E-state index contributed by atoms with van der Waals surface area (Å²) in [4.78, 5) is 6.35. The molecule has 0 radical (unpaired) electrons. The van der Waals surface area contributed by atoms with Crippen LogP contribution in [-0.2, 0) is 6.42 Å². The zero-order chi connectivity index (χ0) is 14.5. The van der Waals surface area contributed by atoms with Gasteiger partial charge in [0.25, 0.3) is 0 Å². The molecule has 2 aromatic rings. The minimum Gasteiger partial charge on any atom is -0.439 e. The number of rotatable bonds is 5. The Morgan fingerprint density at radius 3 is 2.75 bits per heavy atom. The molecule has 1 aromatic carbocycles. The molecule has 4 heteroatoms. The highest BCUT2D eigenvalue weighted by molar-refractivity contribution is 5.50. The number of hydrogen-bond donors (Lipinski definition) is 1. The average molecular weight is 271 g/mol. The molecule has 1 heterocycles. The van der Waals surface area contributed by atoms with Crippen LogP contribution in [-0.4, -0.2) is 25.1 Å². The van der Waals surface area contributed by atoms with Crippen molar-refractivity contribution in [2.45, 2.75) is 19.4 Å². The molecule has 0 bridgehead atoms. The van der Waals surface area contributed by atoms with Gasteiger partial charge in [0.2, 0.25) is 5.88 Å². The highest BCUT2D eigenvalue weighted by atomic mass is 16.5. The van der Waals surface area contributed by atoms with Crippen LogP contribution in [0.5, 0.6) is 11.6 Å². The van der Waals surface area contributed by atoms with Gasteiger partial charge in [-0.15, -0.1) is 0 Å². The lowest BCUT2D eigenvalue weighted by Gasteiger charge is -2.15. The van der Waals surface area contributed by atoms with Crippen molar-refractivity contribution >= 4 is 5.69 Å². The fourth-order valence-electron chi connectivity index (χ4n) is 1.96. The molecule has 0 saturated heterocycles. The molecule has 2 rings (SSSR count). The third-order valence-corrected chi connectivity index (χ3v) is 2.94. The molecule has 0 aliphatic heterocycles. The van der Waals surface area contributed by atoms with Crippen LogP contribution in [0.3, 0.4) is 0 Å². The first-order valence-electron chi connectivity index (χ1n) is 6.71. The van der Waals surface area contributed by atoms with Gasteiger partial charge in [-0.25, -0.2) is 4.98 Å². The Hall–Kier alpha value is -2.07. The highest BCUT2D eigenvalue weighted by Gasteiger charge is 2.08. The van der Waals surface area contributed by atoms with Gasteiger partial charge in [-0.1, -0.05) is 12.1 Å². The van der Waals surface area contributed by atoms with Crippen LogP contribution < -0.4 is 15.4 Å². The van der Waals surface area contributed by atoms with Crippen LogP contribution in [0.2, 0.25) is 0 Å². The van der Waals surface area contributed by atoms with E-state index in [9.17, 15) is 0 Å². The molecule has 0 amide bonds. The molecular weight excluding hydrogens is 250 g/mol. The molecule has 1 unspecified atom stereocenters. The molecule has 0 fully saturated rings. The number of hydrogen-bond acceptors (Lipinski definition) is 4. The summed E-state index contributed by atoms with van der Waals surface area (Å²) in [6.07, 6.45) is 2.48. The van der Waals surface area contributed by atoms with Crippen LogP contribution in [0.4, 0.5) is 5.69 Å². The van der Waals surface area contributed by atoms with Crippen molar-refractivity contribution in [2.75, 3.05) is 19.0 Å². The van der Waals surface area contributed by atoms with E-state index in [2.05, 4.69) is 4.98 Å². The highest BCUT2D eigenvalue weighted by Crippen LogP contribution is 2.26. The Labute approximate surface area is 120 Å². The number of nitrogens with two attached hydrogens (primary N) is 1. The lowest BCUT2D eigenvalue weighted by Crippen LogP contribution is -2.18. The smallest absolute Gasteiger partial charge is 0.222 e. The van der Waals surface area contributed by atoms with E-state index in [1.54, 1.807) is 6.20 Å². The lowest BCUT2D eigenvalue weighted by atomic mass is 10.1. The van der Waals surface area contributed by atoms with Gasteiger partial charge in [-0.05, 0) is 31.5 Å². The first kappa shape index (κ1) is 14.3. The van der Waals surface area contributed by atoms with E-state index in [0.29, 0.717) is 5.88 Å². The van der Waals surface area contributed by atoms with Gasteiger partial charge in [0.15, 0.2) is 0 Å². The summed E-state index contributed by atoms with van der Waals surface area (Å²) in [5.74, 6) is 1.40. The number of pyridine rings is 1. The Balaban J connectivity index is 2.23. The van der Waals surface area contributed by atoms with Gasteiger partial charge in [0.1, 0.15) is 5.75 Å². The summed E-state index contributed by atoms with van der Waals surface area (Å²) in [6, 6.07) is 11.9. The van der Waals surface area contributed by atoms with Crippen molar-refractivity contribution in [3.63, 3.8) is 0 Å². The Kier molecular flexibility index (Phi) is 4.58. The Morgan fingerprint density at radius 1 is 1.25 bits per heavy atom. The predicted molar refractivity (Wildman–Crippen MR) is 82.4 cm³/mol. The van der Waals surface area contributed by atoms with Gasteiger partial charge in [0, 0.05) is 43.7 Å². The molecule has 20 heavy (non-hydrogen) atoms. The van der Waals surface area contributed by atoms with E-state index in [0.717, 1.165) is 23.4 Å². The Morgan fingerprint density at radius 2 is 2.05 bits per heavy atom. The van der Waals surface area contributed by atoms with Crippen LogP contribution in [0.15, 0.2) is 42.6 Å². The molecule has 1 aromatic heterocycles. The first-order chi connectivity index (χ1) is 9.56. The van der Waals surface area contributed by atoms with E-state index in [1.807, 2.05) is 62.3 Å². The third kappa shape index (κ3) is 3.71. The van der Waals surface area contributed by atoms with Crippen LogP contribution >= 0.6 is 0 Å². The number of ether oxygens (including phenoxy) is 1. The second kappa shape index (κ2) is 6.39. The van der Waals surface area contributed by atoms with Gasteiger partial charge in [-0.3, -0.25) is 0 Å². The zero-order valence-electron chi connectivity index (χ0n) is 12.2. The largest absolute Gasteiger partial charge is 0.439 e. The van der Waals surface area contributed by atoms with Gasteiger partial charge < -0.3 is 15.4 Å². The molecular formula is C16H21N3O. The maximum absolute atomic E-state index is 5.91. The van der Waals surface area contributed by atoms with E-state index >= 15 is 0 Å². The second-order valence-electron chi connectivity index (χ2n) is 5.14. The van der Waals surface area contributed by atoms with Crippen molar-refractivity contribution in [3.8, 4) is 11.6 Å². The summed E-state index contributed by atoms with van der Waals surface area (Å²) in [7, 11) is 4.00. The lowest BCUT2D eigenvalue weighted by molar-refractivity contribution is 0.454. The predicted octanol–water partition coefficient (Wildman–Crippen LogP) is 2.83. The van der Waals surface area contributed by atoms with Crippen molar-refractivity contribution in [1.29, 1.82) is 0 Å². The fourth-order valence-corrected chi connectivity index (χ4v) is 1.96. The van der Waals surface area contributed by atoms with Crippen LogP contribution in [0.1, 0.15) is 12.5 Å². The number of aromatic nitrogens is 1. The SMILES string of the molecule is CC(N)Cc1cccnc1Oc1cccc(N(C)C)c1. The normalized spacial score (nSPS) is 12.0. The first-order valence-corrected chi connectivity index (χ1v) is 6.71. The van der Waals surface area contributed by atoms with Gasteiger partial charge >= 0.3 is 0 Å². The molecule has 0 saturated carbocycles. The standard InChI is InChI=1S/C16H21N3O/c1-12(17)10-13-6-5-9-18-16(13)20-15-8-4-7-14(11-15)19(2)3/h4-9,11-12H,10,17H2,1-3H3. The zero-order valence-corrected chi connectivity index (χ0v) is 12.2. The Bertz CT molecular complexity index is 567. The minimum atomic E-state index is 0.0784. The van der Waals surface area contributed by atoms with E-state index in [4.69, 9.17) is 10.5 Å². The second-order valence-corrected chi connectivity index (χ2v) is 5.14. The molecule has 1 atom stereocenters. The summed E-state index contributed by atoms with van der Waals surface area (Å²) < 4.78 is 5.91. The molecule has 106 valence electrons. The quantitative estimate of drug-likeness (QED) is 0.908. The molecule has 2 N–H and O–H groups in total. The molecule has 0 spiro atoms. The maximum atomic E-state index is 5.91. The average Bonchev–Trinajstić information content (AvgIpc) is 2.41. The van der Waals surface area contributed by atoms with E-state index in [1.165, 1.54) is 0 Å². The van der Waals surface area contributed by atoms with Crippen molar-refractivity contribution < 1.29 is 4.74 Å². The van der Waals surface area contributed by atoms with Crippen LogP contribution in [0.25, 0.3) is 0 Å². The van der Waals surface area contributed by atoms with Crippen molar-refractivity contribution in [1.82, 2.24) is 4.98 Å². The molecule has 0 aliphatic rings. The fraction of sp³-hybridized carbons (Fsp3) is 0.312. The van der Waals surface area contributed by atoms with Crippen molar-refractivity contribution in [3.05, 3.63) is 48.2 Å². The summed E-state index contributed by atoms with van der Waals surface area (Å²) in [5, 5.41) is 0. The summed E-state index contributed by atoms with van der Waals surface area (Å²) >= 11 is 0. The minimum absolute atomic E-state index is 0.0784. The number of nitrogens with zero attached hydrogens (tertiary/aromatic N) is 2. The maximum Gasteiger partial charge on any atom is 0.222 e. The monoisotopic (exact) mass is 271 g/mol. The molecule has 4 nitrogen and oxygen atoms in total. The van der Waals surface area contributed by atoms with Gasteiger partial charge in [0.05, 0.1) is 0 Å². The van der Waals surface area contributed by atoms with Crippen LogP contribution in [0, 0.1) is 0 Å². The summed E-state index contributed by atoms with van der Waals surface area (Å²) in [6.45, 7) is 1.98. The number of anilines is 1. The van der Waals surface area contributed by atoms with Crippen molar-refractivity contribution in [2.24, 2.45) is 5.73 Å². The molecule has 0 aliphatic carbocycles. The summed E-state index contributed by atoms with van der Waals surface area (Å²) in [5.41, 5.74) is 7.98. The van der Waals surface area contributed by atoms with E-state index in [-0.39, 0.29) is 6.04 Å². The third-order valence-electron chi connectivity index (χ3n) is 2.94. The topological polar surface area (TPSA) is 51.4 Å². The van der Waals surface area contributed by atoms with E-state index < -0.39 is 0 Å².